The molecule has 0 atom stereocenters. The van der Waals surface area contributed by atoms with Crippen molar-refractivity contribution in [2.45, 2.75) is 12.8 Å². The maximum Gasteiger partial charge on any atom is 0.0406 e. The summed E-state index contributed by atoms with van der Waals surface area (Å²) < 4.78 is 0. The Balaban J connectivity index is 0.00000169. The molecule has 0 radical (unpaired) electrons. The SMILES string of the molecule is CN(C)CCCc1ccc(Cl)cc1.Cl. The first-order valence-electron chi connectivity index (χ1n) is 4.57. The second kappa shape index (κ2) is 7.10. The minimum absolute atomic E-state index is 0. The molecule has 0 aromatic heterocycles. The van der Waals surface area contributed by atoms with Gasteiger partial charge in [-0.2, -0.15) is 0 Å². The van der Waals surface area contributed by atoms with Crippen LogP contribution in [0.4, 0.5) is 0 Å². The van der Waals surface area contributed by atoms with Crippen LogP contribution in [0, 0.1) is 0 Å². The first-order chi connectivity index (χ1) is 6.18. The Kier molecular flexibility index (Phi) is 6.98. The van der Waals surface area contributed by atoms with Gasteiger partial charge in [0.2, 0.25) is 0 Å². The highest BCUT2D eigenvalue weighted by atomic mass is 35.5. The summed E-state index contributed by atoms with van der Waals surface area (Å²) in [6.45, 7) is 1.14. The van der Waals surface area contributed by atoms with Gasteiger partial charge in [0.25, 0.3) is 0 Å². The number of nitrogens with zero attached hydrogens (tertiary/aromatic N) is 1. The molecule has 1 rings (SSSR count). The average Bonchev–Trinajstić information content (AvgIpc) is 2.08. The molecular formula is C11H17Cl2N. The first-order valence-corrected chi connectivity index (χ1v) is 4.95. The molecule has 0 unspecified atom stereocenters. The fourth-order valence-electron chi connectivity index (χ4n) is 1.25. The molecule has 0 amide bonds. The van der Waals surface area contributed by atoms with E-state index in [-0.39, 0.29) is 12.4 Å². The van der Waals surface area contributed by atoms with Crippen LogP contribution in [0.3, 0.4) is 0 Å². The molecule has 0 fully saturated rings. The third kappa shape index (κ3) is 5.48. The molecule has 14 heavy (non-hydrogen) atoms. The molecule has 0 N–H and O–H groups in total. The van der Waals surface area contributed by atoms with Crippen molar-refractivity contribution in [3.63, 3.8) is 0 Å². The highest BCUT2D eigenvalue weighted by Gasteiger charge is 1.94. The van der Waals surface area contributed by atoms with Gasteiger partial charge in [0.05, 0.1) is 0 Å². The van der Waals surface area contributed by atoms with E-state index in [4.69, 9.17) is 11.6 Å². The Bertz CT molecular complexity index is 244. The van der Waals surface area contributed by atoms with Crippen LogP contribution in [0.1, 0.15) is 12.0 Å². The van der Waals surface area contributed by atoms with Gasteiger partial charge < -0.3 is 4.90 Å². The van der Waals surface area contributed by atoms with E-state index >= 15 is 0 Å². The molecule has 0 spiro atoms. The van der Waals surface area contributed by atoms with Gasteiger partial charge in [0.1, 0.15) is 0 Å². The third-order valence-corrected chi connectivity index (χ3v) is 2.24. The smallest absolute Gasteiger partial charge is 0.0406 e. The van der Waals surface area contributed by atoms with E-state index in [1.165, 1.54) is 12.0 Å². The zero-order chi connectivity index (χ0) is 9.68. The number of benzene rings is 1. The van der Waals surface area contributed by atoms with Crippen molar-refractivity contribution in [2.24, 2.45) is 0 Å². The van der Waals surface area contributed by atoms with Crippen LogP contribution in [0.2, 0.25) is 5.02 Å². The zero-order valence-electron chi connectivity index (χ0n) is 8.66. The van der Waals surface area contributed by atoms with Crippen LogP contribution in [-0.4, -0.2) is 25.5 Å². The molecular weight excluding hydrogens is 217 g/mol. The number of hydrogen-bond acceptors (Lipinski definition) is 1. The van der Waals surface area contributed by atoms with Crippen molar-refractivity contribution >= 4 is 24.0 Å². The van der Waals surface area contributed by atoms with Crippen molar-refractivity contribution in [3.8, 4) is 0 Å². The van der Waals surface area contributed by atoms with Crippen LogP contribution in [0.15, 0.2) is 24.3 Å². The van der Waals surface area contributed by atoms with Crippen LogP contribution >= 0.6 is 24.0 Å². The molecule has 1 aromatic rings. The number of aryl methyl sites for hydroxylation is 1. The number of hydrogen-bond donors (Lipinski definition) is 0. The molecule has 0 saturated heterocycles. The summed E-state index contributed by atoms with van der Waals surface area (Å²) in [5.74, 6) is 0. The van der Waals surface area contributed by atoms with Crippen molar-refractivity contribution in [1.29, 1.82) is 0 Å². The topological polar surface area (TPSA) is 3.24 Å². The number of halogens is 2. The van der Waals surface area contributed by atoms with Crippen LogP contribution < -0.4 is 0 Å². The minimum atomic E-state index is 0. The van der Waals surface area contributed by atoms with E-state index < -0.39 is 0 Å². The van der Waals surface area contributed by atoms with E-state index in [0.717, 1.165) is 18.0 Å². The lowest BCUT2D eigenvalue weighted by atomic mass is 10.1. The summed E-state index contributed by atoms with van der Waals surface area (Å²) in [6, 6.07) is 8.09. The van der Waals surface area contributed by atoms with Gasteiger partial charge in [0.15, 0.2) is 0 Å². The summed E-state index contributed by atoms with van der Waals surface area (Å²) in [5, 5.41) is 0.816. The van der Waals surface area contributed by atoms with Crippen LogP contribution in [0.5, 0.6) is 0 Å². The molecule has 1 nitrogen and oxygen atoms in total. The van der Waals surface area contributed by atoms with Gasteiger partial charge in [0, 0.05) is 5.02 Å². The lowest BCUT2D eigenvalue weighted by Gasteiger charge is -2.08. The highest BCUT2D eigenvalue weighted by molar-refractivity contribution is 6.30. The summed E-state index contributed by atoms with van der Waals surface area (Å²) >= 11 is 5.79. The minimum Gasteiger partial charge on any atom is -0.309 e. The molecule has 1 aromatic carbocycles. The maximum absolute atomic E-state index is 5.79. The van der Waals surface area contributed by atoms with Gasteiger partial charge in [-0.15, -0.1) is 12.4 Å². The van der Waals surface area contributed by atoms with Crippen molar-refractivity contribution < 1.29 is 0 Å². The second-order valence-corrected chi connectivity index (χ2v) is 3.97. The van der Waals surface area contributed by atoms with Crippen LogP contribution in [-0.2, 0) is 6.42 Å². The maximum atomic E-state index is 5.79. The van der Waals surface area contributed by atoms with Gasteiger partial charge >= 0.3 is 0 Å². The fraction of sp³-hybridized carbons (Fsp3) is 0.455. The Morgan fingerprint density at radius 3 is 2.21 bits per heavy atom. The molecule has 3 heteroatoms. The van der Waals surface area contributed by atoms with Crippen molar-refractivity contribution in [3.05, 3.63) is 34.9 Å². The van der Waals surface area contributed by atoms with E-state index in [2.05, 4.69) is 31.1 Å². The van der Waals surface area contributed by atoms with Gasteiger partial charge in [-0.1, -0.05) is 23.7 Å². The van der Waals surface area contributed by atoms with E-state index in [0.29, 0.717) is 0 Å². The standard InChI is InChI=1S/C11H16ClN.ClH/c1-13(2)9-3-4-10-5-7-11(12)8-6-10;/h5-8H,3-4,9H2,1-2H3;1H. The lowest BCUT2D eigenvalue weighted by molar-refractivity contribution is 0.400. The normalized spacial score (nSPS) is 10.0. The van der Waals surface area contributed by atoms with Crippen molar-refractivity contribution in [1.82, 2.24) is 4.90 Å². The van der Waals surface area contributed by atoms with Gasteiger partial charge in [-0.05, 0) is 51.2 Å². The van der Waals surface area contributed by atoms with E-state index in [1.807, 2.05) is 12.1 Å². The Morgan fingerprint density at radius 2 is 1.71 bits per heavy atom. The van der Waals surface area contributed by atoms with E-state index in [1.54, 1.807) is 0 Å². The second-order valence-electron chi connectivity index (χ2n) is 3.53. The summed E-state index contributed by atoms with van der Waals surface area (Å²) in [6.07, 6.45) is 2.34. The number of rotatable bonds is 4. The fourth-order valence-corrected chi connectivity index (χ4v) is 1.38. The molecule has 0 aliphatic carbocycles. The third-order valence-electron chi connectivity index (χ3n) is 1.98. The lowest BCUT2D eigenvalue weighted by Crippen LogP contribution is -2.13. The molecule has 0 aliphatic heterocycles. The molecule has 0 heterocycles. The molecule has 0 bridgehead atoms. The van der Waals surface area contributed by atoms with Gasteiger partial charge in [-0.25, -0.2) is 0 Å². The molecule has 80 valence electrons. The Morgan fingerprint density at radius 1 is 1.14 bits per heavy atom. The predicted molar refractivity (Wildman–Crippen MR) is 65.6 cm³/mol. The summed E-state index contributed by atoms with van der Waals surface area (Å²) in [5.41, 5.74) is 1.37. The largest absolute Gasteiger partial charge is 0.309 e. The predicted octanol–water partition coefficient (Wildman–Crippen LogP) is 3.26. The molecule has 0 saturated carbocycles. The first kappa shape index (κ1) is 13.8. The summed E-state index contributed by atoms with van der Waals surface area (Å²) in [4.78, 5) is 2.20. The monoisotopic (exact) mass is 233 g/mol. The average molecular weight is 234 g/mol. The van der Waals surface area contributed by atoms with Crippen LogP contribution in [0.25, 0.3) is 0 Å². The highest BCUT2D eigenvalue weighted by Crippen LogP contribution is 2.10. The van der Waals surface area contributed by atoms with Crippen molar-refractivity contribution in [2.75, 3.05) is 20.6 Å². The summed E-state index contributed by atoms with van der Waals surface area (Å²) in [7, 11) is 4.20. The van der Waals surface area contributed by atoms with E-state index in [9.17, 15) is 0 Å². The molecule has 0 aliphatic rings. The zero-order valence-corrected chi connectivity index (χ0v) is 10.2. The Hall–Kier alpha value is -0.240. The Labute approximate surface area is 97.5 Å². The van der Waals surface area contributed by atoms with Gasteiger partial charge in [-0.3, -0.25) is 0 Å². The quantitative estimate of drug-likeness (QED) is 0.772.